The molecule has 0 aliphatic carbocycles. The molecule has 0 radical (unpaired) electrons. The van der Waals surface area contributed by atoms with Crippen molar-refractivity contribution in [1.82, 2.24) is 46.1 Å². The summed E-state index contributed by atoms with van der Waals surface area (Å²) < 4.78 is 0. The summed E-state index contributed by atoms with van der Waals surface area (Å²) in [6, 6.07) is 5.66. The molecule has 2 aliphatic heterocycles. The highest BCUT2D eigenvalue weighted by Gasteiger charge is 2.54. The lowest BCUT2D eigenvalue weighted by atomic mass is 10.0. The van der Waals surface area contributed by atoms with Gasteiger partial charge in [0.2, 0.25) is 11.6 Å². The molecule has 3 atom stereocenters. The second-order valence-electron chi connectivity index (χ2n) is 8.42. The van der Waals surface area contributed by atoms with Gasteiger partial charge in [-0.2, -0.15) is 15.4 Å². The minimum absolute atomic E-state index is 0.147. The van der Waals surface area contributed by atoms with E-state index in [4.69, 9.17) is 0 Å². The molecule has 6 N–H and O–H groups in total. The molecule has 18 heteroatoms. The first-order valence-corrected chi connectivity index (χ1v) is 13.5. The number of benzene rings is 1. The Balaban J connectivity index is 1.33. The fraction of sp³-hybridized carbons (Fsp3) is 0.227. The Morgan fingerprint density at radius 2 is 1.95 bits per heavy atom. The van der Waals surface area contributed by atoms with Gasteiger partial charge in [0.05, 0.1) is 6.20 Å². The highest BCUT2D eigenvalue weighted by molar-refractivity contribution is 8.01. The molecule has 1 aromatic carbocycles. The van der Waals surface area contributed by atoms with Crippen molar-refractivity contribution in [2.75, 3.05) is 11.5 Å². The van der Waals surface area contributed by atoms with Gasteiger partial charge in [0.15, 0.2) is 0 Å². The van der Waals surface area contributed by atoms with Gasteiger partial charge in [0.1, 0.15) is 28.2 Å². The normalized spacial score (nSPS) is 18.9. The van der Waals surface area contributed by atoms with Crippen molar-refractivity contribution in [3.63, 3.8) is 0 Å². The summed E-state index contributed by atoms with van der Waals surface area (Å²) in [7, 11) is 0. The van der Waals surface area contributed by atoms with Gasteiger partial charge in [0, 0.05) is 11.5 Å². The smallest absolute Gasteiger partial charge is 0.352 e. The molecule has 1 fully saturated rings. The van der Waals surface area contributed by atoms with Crippen molar-refractivity contribution < 1.29 is 24.3 Å². The molecule has 1 unspecified atom stereocenters. The zero-order chi connectivity index (χ0) is 28.4. The maximum Gasteiger partial charge on any atom is 0.352 e. The van der Waals surface area contributed by atoms with Crippen molar-refractivity contribution in [2.45, 2.75) is 22.5 Å². The van der Waals surface area contributed by atoms with Gasteiger partial charge in [-0.3, -0.25) is 29.1 Å². The Morgan fingerprint density at radius 3 is 2.62 bits per heavy atom. The molecule has 0 spiro atoms. The van der Waals surface area contributed by atoms with E-state index in [1.54, 1.807) is 30.3 Å². The molecule has 0 saturated carbocycles. The number of amides is 3. The Morgan fingerprint density at radius 1 is 1.18 bits per heavy atom. The van der Waals surface area contributed by atoms with E-state index >= 15 is 0 Å². The van der Waals surface area contributed by atoms with E-state index < -0.39 is 58.1 Å². The van der Waals surface area contributed by atoms with Crippen LogP contribution >= 0.6 is 23.5 Å². The lowest BCUT2D eigenvalue weighted by Crippen LogP contribution is -2.71. The van der Waals surface area contributed by atoms with Crippen molar-refractivity contribution in [3.05, 3.63) is 79.9 Å². The maximum absolute atomic E-state index is 13.4. The van der Waals surface area contributed by atoms with Crippen molar-refractivity contribution in [2.24, 2.45) is 0 Å². The van der Waals surface area contributed by atoms with Crippen LogP contribution in [0.4, 0.5) is 0 Å². The highest BCUT2D eigenvalue weighted by Crippen LogP contribution is 2.41. The number of rotatable bonds is 9. The summed E-state index contributed by atoms with van der Waals surface area (Å²) in [5, 5.41) is 30.2. The Hall–Kier alpha value is -4.71. The number of H-pyrrole nitrogens is 3. The molecule has 1 saturated heterocycles. The molecule has 2 aliphatic rings. The number of hydrogen-bond acceptors (Lipinski definition) is 11. The van der Waals surface area contributed by atoms with Crippen LogP contribution in [0.15, 0.2) is 62.4 Å². The lowest BCUT2D eigenvalue weighted by Gasteiger charge is -2.49. The van der Waals surface area contributed by atoms with Gasteiger partial charge in [-0.25, -0.2) is 14.7 Å². The third-order valence-electron chi connectivity index (χ3n) is 5.93. The number of nitrogens with one attached hydrogen (secondary N) is 5. The average molecular weight is 586 g/mol. The predicted octanol–water partition coefficient (Wildman–Crippen LogP) is -1.42. The molecule has 16 nitrogen and oxygen atoms in total. The molecule has 3 amide bonds. The minimum Gasteiger partial charge on any atom is -0.477 e. The summed E-state index contributed by atoms with van der Waals surface area (Å²) in [4.78, 5) is 77.6. The quantitative estimate of drug-likeness (QED) is 0.125. The van der Waals surface area contributed by atoms with Crippen LogP contribution in [-0.2, 0) is 14.4 Å². The van der Waals surface area contributed by atoms with E-state index in [1.165, 1.54) is 29.7 Å². The number of hydrogen-bond donors (Lipinski definition) is 6. The van der Waals surface area contributed by atoms with Crippen LogP contribution < -0.4 is 21.9 Å². The van der Waals surface area contributed by atoms with Crippen molar-refractivity contribution in [1.29, 1.82) is 0 Å². The van der Waals surface area contributed by atoms with Gasteiger partial charge in [-0.1, -0.05) is 42.1 Å². The van der Waals surface area contributed by atoms with Crippen LogP contribution in [0, 0.1) is 0 Å². The molecular weight excluding hydrogens is 566 g/mol. The number of fused-ring (bicyclic) bond motifs is 1. The number of carbonyl (C=O) groups is 4. The number of thioether (sulfide) groups is 2. The number of aromatic nitrogens is 6. The zero-order valence-corrected chi connectivity index (χ0v) is 21.7. The van der Waals surface area contributed by atoms with Crippen LogP contribution in [0.2, 0.25) is 0 Å². The third kappa shape index (κ3) is 5.25. The molecular formula is C22H19N9O7S2. The number of carbonyl (C=O) groups excluding carboxylic acids is 3. The Labute approximate surface area is 231 Å². The van der Waals surface area contributed by atoms with Gasteiger partial charge in [0.25, 0.3) is 17.4 Å². The van der Waals surface area contributed by atoms with Gasteiger partial charge in [-0.15, -0.1) is 16.9 Å². The first kappa shape index (κ1) is 26.9. The van der Waals surface area contributed by atoms with Gasteiger partial charge < -0.3 is 15.7 Å². The van der Waals surface area contributed by atoms with Crippen LogP contribution in [0.25, 0.3) is 0 Å². The molecule has 0 bridgehead atoms. The van der Waals surface area contributed by atoms with Crippen molar-refractivity contribution in [3.8, 4) is 0 Å². The summed E-state index contributed by atoms with van der Waals surface area (Å²) in [6.07, 6.45) is 1.50. The topological polar surface area (TPSA) is 236 Å². The number of carboxylic acid groups (broad SMARTS) is 1. The first-order valence-electron chi connectivity index (χ1n) is 11.5. The number of aromatic amines is 3. The van der Waals surface area contributed by atoms with Crippen LogP contribution in [-0.4, -0.2) is 87.2 Å². The minimum atomic E-state index is -1.35. The Bertz CT molecular complexity index is 1620. The van der Waals surface area contributed by atoms with Crippen LogP contribution in [0.1, 0.15) is 22.1 Å². The standard InChI is InChI=1S/C22H19N9O7S2/c32-16(12(9-4-2-1-3-5-9)24-17(33)13-18(34)26-22(38)29-28-13)25-14-19(35)31-15(21(36)37)10(8-40-20(14)31)7-39-11-6-23-30-27-11/h1-6,12,14,20H,7-8H2,(H,24,33)(H,25,32)(H,36,37)(H,23,27,30)(H2,26,29,34,38)/t12?,14-,20+/m1/s1. The zero-order valence-electron chi connectivity index (χ0n) is 20.1. The predicted molar refractivity (Wildman–Crippen MR) is 139 cm³/mol. The third-order valence-corrected chi connectivity index (χ3v) is 8.26. The lowest BCUT2D eigenvalue weighted by molar-refractivity contribution is -0.151. The number of nitrogens with zero attached hydrogens (tertiary/aromatic N) is 4. The molecule has 206 valence electrons. The molecule has 5 rings (SSSR count). The van der Waals surface area contributed by atoms with Gasteiger partial charge in [-0.05, 0) is 11.1 Å². The first-order chi connectivity index (χ1) is 19.2. The second-order valence-corrected chi connectivity index (χ2v) is 10.5. The van der Waals surface area contributed by atoms with Crippen LogP contribution in [0.3, 0.4) is 0 Å². The molecule has 2 aromatic heterocycles. The van der Waals surface area contributed by atoms with E-state index in [9.17, 15) is 33.9 Å². The monoisotopic (exact) mass is 585 g/mol. The summed E-state index contributed by atoms with van der Waals surface area (Å²) in [6.45, 7) is 0. The van der Waals surface area contributed by atoms with Crippen LogP contribution in [0.5, 0.6) is 0 Å². The number of β-lactam (4-membered cyclic amide) rings is 1. The van der Waals surface area contributed by atoms with E-state index in [0.717, 1.165) is 4.90 Å². The summed E-state index contributed by atoms with van der Waals surface area (Å²) in [5.74, 6) is -3.13. The largest absolute Gasteiger partial charge is 0.477 e. The van der Waals surface area contributed by atoms with E-state index in [2.05, 4.69) is 31.1 Å². The summed E-state index contributed by atoms with van der Waals surface area (Å²) in [5.41, 5.74) is -1.92. The number of aliphatic carboxylic acids is 1. The average Bonchev–Trinajstić information content (AvgIpc) is 3.46. The molecule has 40 heavy (non-hydrogen) atoms. The fourth-order valence-electron chi connectivity index (χ4n) is 4.10. The second kappa shape index (κ2) is 11.2. The SMILES string of the molecule is O=C(O)C1=C(CSc2cn[nH]n2)CS[C@H]2[C@H](NC(=O)C(NC(=O)c3n[nH]c(=O)[nH]c3=O)c3ccccc3)C(=O)N12. The van der Waals surface area contributed by atoms with E-state index in [0.29, 0.717) is 21.9 Å². The highest BCUT2D eigenvalue weighted by atomic mass is 32.2. The fourth-order valence-corrected chi connectivity index (χ4v) is 6.37. The van der Waals surface area contributed by atoms with E-state index in [1.807, 2.05) is 10.1 Å². The Kier molecular flexibility index (Phi) is 7.52. The van der Waals surface area contributed by atoms with Crippen molar-refractivity contribution >= 4 is 47.2 Å². The van der Waals surface area contributed by atoms with Gasteiger partial charge >= 0.3 is 11.7 Å². The molecule has 4 heterocycles. The van der Waals surface area contributed by atoms with E-state index in [-0.39, 0.29) is 11.4 Å². The number of carboxylic acids is 1. The summed E-state index contributed by atoms with van der Waals surface area (Å²) >= 11 is 2.56. The maximum atomic E-state index is 13.4. The molecule has 3 aromatic rings.